The number of hydrogen-bond donors (Lipinski definition) is 6. The van der Waals surface area contributed by atoms with Gasteiger partial charge in [-0.05, 0) is 81.5 Å². The van der Waals surface area contributed by atoms with E-state index in [1.165, 1.54) is 0 Å². The van der Waals surface area contributed by atoms with E-state index in [2.05, 4.69) is 37.3 Å². The topological polar surface area (TPSA) is 235 Å². The van der Waals surface area contributed by atoms with Gasteiger partial charge in [-0.2, -0.15) is 5.26 Å². The van der Waals surface area contributed by atoms with Crippen LogP contribution in [0.3, 0.4) is 0 Å². The van der Waals surface area contributed by atoms with Gasteiger partial charge >= 0.3 is 0 Å². The molecular formula is C41H45N9O5. The molecule has 2 heterocycles. The maximum absolute atomic E-state index is 14.0. The number of aryl methyl sites for hydroxylation is 3. The van der Waals surface area contributed by atoms with Crippen LogP contribution in [0.25, 0.3) is 22.5 Å². The SMILES string of the molecule is Cc1cc2cc(c1NC(=O)[C@H](CCN)NC(=O)c1c(C)nc(-c3ccc(C(C)(C)C#N)cc3)nc1C)-c1cccc(c1)CC(=O)NCC(=O)NC(C(N)=O)C2. The Morgan fingerprint density at radius 2 is 1.65 bits per heavy atom. The lowest BCUT2D eigenvalue weighted by Gasteiger charge is -2.23. The number of nitriles is 1. The van der Waals surface area contributed by atoms with Crippen molar-refractivity contribution < 1.29 is 24.0 Å². The first kappa shape index (κ1) is 39.7. The molecule has 1 aromatic heterocycles. The molecule has 0 radical (unpaired) electrons. The zero-order valence-electron chi connectivity index (χ0n) is 31.5. The van der Waals surface area contributed by atoms with E-state index in [4.69, 9.17) is 11.5 Å². The summed E-state index contributed by atoms with van der Waals surface area (Å²) < 4.78 is 0. The second-order valence-corrected chi connectivity index (χ2v) is 14.2. The van der Waals surface area contributed by atoms with Crippen LogP contribution in [0.1, 0.15) is 64.3 Å². The van der Waals surface area contributed by atoms with Crippen molar-refractivity contribution in [3.05, 3.63) is 99.9 Å². The van der Waals surface area contributed by atoms with Crippen molar-refractivity contribution in [1.82, 2.24) is 25.9 Å². The number of hydrogen-bond acceptors (Lipinski definition) is 9. The fourth-order valence-electron chi connectivity index (χ4n) is 6.50. The normalized spacial score (nSPS) is 15.0. The summed E-state index contributed by atoms with van der Waals surface area (Å²) >= 11 is 0. The number of nitrogens with zero attached hydrogens (tertiary/aromatic N) is 3. The molecule has 0 saturated carbocycles. The Bertz CT molecular complexity index is 2190. The number of fused-ring (bicyclic) bond motifs is 5. The van der Waals surface area contributed by atoms with E-state index in [0.29, 0.717) is 50.7 Å². The van der Waals surface area contributed by atoms with Crippen LogP contribution in [0, 0.1) is 32.1 Å². The third-order valence-electron chi connectivity index (χ3n) is 9.53. The summed E-state index contributed by atoms with van der Waals surface area (Å²) in [6.07, 6.45) is 0.172. The largest absolute Gasteiger partial charge is 0.368 e. The molecule has 1 aliphatic heterocycles. The van der Waals surface area contributed by atoms with Gasteiger partial charge in [0.15, 0.2) is 5.82 Å². The molecule has 2 atom stereocenters. The summed E-state index contributed by atoms with van der Waals surface area (Å²) in [4.78, 5) is 74.6. The number of nitrogens with two attached hydrogens (primary N) is 2. The number of amides is 5. The molecule has 14 heteroatoms. The molecule has 4 aromatic rings. The van der Waals surface area contributed by atoms with Crippen LogP contribution >= 0.6 is 0 Å². The lowest BCUT2D eigenvalue weighted by Crippen LogP contribution is -2.49. The minimum Gasteiger partial charge on any atom is -0.368 e. The van der Waals surface area contributed by atoms with E-state index in [-0.39, 0.29) is 43.8 Å². The highest BCUT2D eigenvalue weighted by atomic mass is 16.2. The molecular weight excluding hydrogens is 699 g/mol. The van der Waals surface area contributed by atoms with Crippen LogP contribution in [0.2, 0.25) is 0 Å². The average molecular weight is 744 g/mol. The standard InChI is InChI=1S/C41H45N9O5/c1-22-15-26-17-30(28-8-6-7-25(16-28)19-33(51)45-20-34(52)48-32(18-26)37(44)53)36(22)50-39(54)31(13-14-42)49-40(55)35-23(2)46-38(47-24(35)3)27-9-11-29(12-10-27)41(4,5)21-43/h6-12,15-17,31-32H,13-14,18-20,42H2,1-5H3,(H2,44,53)(H,45,51)(H,48,52)(H,49,55)(H,50,54)/t31-,32?/m0/s1. The summed E-state index contributed by atoms with van der Waals surface area (Å²) in [5.41, 5.74) is 17.3. The predicted molar refractivity (Wildman–Crippen MR) is 207 cm³/mol. The van der Waals surface area contributed by atoms with Gasteiger partial charge in [0.1, 0.15) is 12.1 Å². The van der Waals surface area contributed by atoms with Gasteiger partial charge in [0, 0.05) is 17.5 Å². The molecule has 3 aromatic carbocycles. The molecule has 14 nitrogen and oxygen atoms in total. The Labute approximate surface area is 319 Å². The number of benzene rings is 3. The van der Waals surface area contributed by atoms with Gasteiger partial charge < -0.3 is 32.7 Å². The van der Waals surface area contributed by atoms with E-state index in [1.54, 1.807) is 45.0 Å². The van der Waals surface area contributed by atoms with Crippen molar-refractivity contribution in [3.63, 3.8) is 0 Å². The molecule has 284 valence electrons. The highest BCUT2D eigenvalue weighted by molar-refractivity contribution is 6.04. The molecule has 4 bridgehead atoms. The lowest BCUT2D eigenvalue weighted by molar-refractivity contribution is -0.128. The third-order valence-corrected chi connectivity index (χ3v) is 9.53. The van der Waals surface area contributed by atoms with Gasteiger partial charge in [-0.3, -0.25) is 24.0 Å². The smallest absolute Gasteiger partial charge is 0.255 e. The van der Waals surface area contributed by atoms with Crippen LogP contribution in [0.15, 0.2) is 60.7 Å². The average Bonchev–Trinajstić information content (AvgIpc) is 3.14. The summed E-state index contributed by atoms with van der Waals surface area (Å²) in [5, 5.41) is 20.5. The second-order valence-electron chi connectivity index (χ2n) is 14.2. The van der Waals surface area contributed by atoms with E-state index in [0.717, 1.165) is 11.1 Å². The van der Waals surface area contributed by atoms with Crippen molar-refractivity contribution in [3.8, 4) is 28.6 Å². The molecule has 1 aliphatic rings. The van der Waals surface area contributed by atoms with Gasteiger partial charge in [-0.1, -0.05) is 54.6 Å². The van der Waals surface area contributed by atoms with Crippen LogP contribution in [-0.2, 0) is 37.4 Å². The molecule has 0 aliphatic carbocycles. The van der Waals surface area contributed by atoms with E-state index >= 15 is 0 Å². The van der Waals surface area contributed by atoms with E-state index in [1.807, 2.05) is 50.2 Å². The van der Waals surface area contributed by atoms with E-state index in [9.17, 15) is 29.2 Å². The highest BCUT2D eigenvalue weighted by Crippen LogP contribution is 2.34. The minimum atomic E-state index is -1.05. The Morgan fingerprint density at radius 3 is 2.29 bits per heavy atom. The number of aromatic nitrogens is 2. The van der Waals surface area contributed by atoms with Crippen LogP contribution in [0.5, 0.6) is 0 Å². The summed E-state index contributed by atoms with van der Waals surface area (Å²) in [7, 11) is 0. The Kier molecular flexibility index (Phi) is 12.1. The van der Waals surface area contributed by atoms with Gasteiger partial charge in [0.25, 0.3) is 5.91 Å². The summed E-state index contributed by atoms with van der Waals surface area (Å²) in [5.74, 6) is -2.33. The molecule has 8 N–H and O–H groups in total. The molecule has 0 spiro atoms. The van der Waals surface area contributed by atoms with Crippen LogP contribution < -0.4 is 32.7 Å². The zero-order chi connectivity index (χ0) is 40.0. The fourth-order valence-corrected chi connectivity index (χ4v) is 6.50. The van der Waals surface area contributed by atoms with Crippen molar-refractivity contribution in [2.75, 3.05) is 18.4 Å². The quantitative estimate of drug-likeness (QED) is 0.148. The maximum atomic E-state index is 14.0. The molecule has 55 heavy (non-hydrogen) atoms. The van der Waals surface area contributed by atoms with E-state index < -0.39 is 41.1 Å². The first-order valence-electron chi connectivity index (χ1n) is 17.9. The predicted octanol–water partition coefficient (Wildman–Crippen LogP) is 2.81. The van der Waals surface area contributed by atoms with Crippen molar-refractivity contribution in [2.24, 2.45) is 11.5 Å². The first-order chi connectivity index (χ1) is 26.1. The monoisotopic (exact) mass is 743 g/mol. The number of primary amides is 1. The Morgan fingerprint density at radius 1 is 0.964 bits per heavy atom. The van der Waals surface area contributed by atoms with Gasteiger partial charge in [0.2, 0.25) is 23.6 Å². The maximum Gasteiger partial charge on any atom is 0.255 e. The minimum absolute atomic E-state index is 0.0121. The molecule has 0 fully saturated rings. The van der Waals surface area contributed by atoms with Gasteiger partial charge in [0.05, 0.1) is 47.1 Å². The second kappa shape index (κ2) is 16.7. The zero-order valence-corrected chi connectivity index (χ0v) is 31.5. The fraction of sp³-hybridized carbons (Fsp3) is 0.317. The molecule has 0 saturated heterocycles. The van der Waals surface area contributed by atoms with Crippen LogP contribution in [-0.4, -0.2) is 64.7 Å². The number of rotatable bonds is 9. The molecule has 5 rings (SSSR count). The van der Waals surface area contributed by atoms with Crippen molar-refractivity contribution in [1.29, 1.82) is 5.26 Å². The number of carbonyl (C=O) groups is 5. The van der Waals surface area contributed by atoms with Crippen LogP contribution in [0.4, 0.5) is 5.69 Å². The number of carbonyl (C=O) groups excluding carboxylic acids is 5. The van der Waals surface area contributed by atoms with Crippen molar-refractivity contribution in [2.45, 2.75) is 71.4 Å². The first-order valence-corrected chi connectivity index (χ1v) is 17.9. The Balaban J connectivity index is 1.44. The molecule has 5 amide bonds. The summed E-state index contributed by atoms with van der Waals surface area (Å²) in [6.45, 7) is 8.65. The molecule has 1 unspecified atom stereocenters. The number of nitrogens with one attached hydrogen (secondary N) is 4. The highest BCUT2D eigenvalue weighted by Gasteiger charge is 2.27. The van der Waals surface area contributed by atoms with Crippen molar-refractivity contribution >= 4 is 35.2 Å². The van der Waals surface area contributed by atoms with Gasteiger partial charge in [-0.25, -0.2) is 9.97 Å². The third kappa shape index (κ3) is 9.38. The summed E-state index contributed by atoms with van der Waals surface area (Å²) in [6, 6.07) is 18.4. The lowest BCUT2D eigenvalue weighted by atomic mass is 9.86. The van der Waals surface area contributed by atoms with Gasteiger partial charge in [-0.15, -0.1) is 0 Å². The number of anilines is 1. The Hall–Kier alpha value is -6.46.